The van der Waals surface area contributed by atoms with Crippen LogP contribution >= 0.6 is 0 Å². The lowest BCUT2D eigenvalue weighted by Crippen LogP contribution is -2.45. The molecule has 2 rings (SSSR count). The molecule has 1 atom stereocenters. The van der Waals surface area contributed by atoms with Gasteiger partial charge in [-0.15, -0.1) is 0 Å². The van der Waals surface area contributed by atoms with Crippen LogP contribution in [-0.2, 0) is 9.59 Å². The van der Waals surface area contributed by atoms with Gasteiger partial charge in [0.1, 0.15) is 0 Å². The predicted molar refractivity (Wildman–Crippen MR) is 69.0 cm³/mol. The third kappa shape index (κ3) is 3.29. The Morgan fingerprint density at radius 2 is 2.00 bits per heavy atom. The number of imide groups is 1. The molecule has 5 heteroatoms. The Labute approximate surface area is 108 Å². The van der Waals surface area contributed by atoms with Gasteiger partial charge < -0.3 is 5.32 Å². The third-order valence-electron chi connectivity index (χ3n) is 3.85. The second-order valence-corrected chi connectivity index (χ2v) is 5.32. The Bertz CT molecular complexity index is 313. The van der Waals surface area contributed by atoms with Crippen LogP contribution in [0.25, 0.3) is 0 Å². The highest BCUT2D eigenvalue weighted by atomic mass is 16.2. The molecule has 0 radical (unpaired) electrons. The summed E-state index contributed by atoms with van der Waals surface area (Å²) in [6.45, 7) is 6.10. The molecule has 0 aromatic heterocycles. The SMILES string of the molecule is CCCN(CC1CCNCC1)C1CC(=O)NC1=O. The minimum Gasteiger partial charge on any atom is -0.317 e. The number of nitrogens with zero attached hydrogens (tertiary/aromatic N) is 1. The molecule has 2 fully saturated rings. The summed E-state index contributed by atoms with van der Waals surface area (Å²) in [6, 6.07) is -0.229. The minimum atomic E-state index is -0.229. The first-order chi connectivity index (χ1) is 8.70. The van der Waals surface area contributed by atoms with Crippen LogP contribution in [-0.4, -0.2) is 48.9 Å². The van der Waals surface area contributed by atoms with Gasteiger partial charge in [-0.05, 0) is 44.8 Å². The topological polar surface area (TPSA) is 61.4 Å². The minimum absolute atomic E-state index is 0.109. The van der Waals surface area contributed by atoms with Crippen LogP contribution in [0.1, 0.15) is 32.6 Å². The molecule has 2 aliphatic heterocycles. The molecule has 2 heterocycles. The summed E-state index contributed by atoms with van der Waals surface area (Å²) in [4.78, 5) is 25.3. The molecule has 0 saturated carbocycles. The van der Waals surface area contributed by atoms with E-state index in [9.17, 15) is 9.59 Å². The molecule has 2 aliphatic rings. The van der Waals surface area contributed by atoms with Gasteiger partial charge in [0.15, 0.2) is 0 Å². The van der Waals surface area contributed by atoms with Crippen LogP contribution in [0.2, 0.25) is 0 Å². The zero-order valence-electron chi connectivity index (χ0n) is 11.1. The smallest absolute Gasteiger partial charge is 0.244 e. The normalized spacial score (nSPS) is 25.8. The van der Waals surface area contributed by atoms with Crippen LogP contribution in [0.15, 0.2) is 0 Å². The lowest BCUT2D eigenvalue weighted by atomic mass is 9.96. The predicted octanol–water partition coefficient (Wildman–Crippen LogP) is 0.113. The summed E-state index contributed by atoms with van der Waals surface area (Å²) in [7, 11) is 0. The second-order valence-electron chi connectivity index (χ2n) is 5.32. The number of nitrogens with one attached hydrogen (secondary N) is 2. The van der Waals surface area contributed by atoms with Gasteiger partial charge in [-0.2, -0.15) is 0 Å². The molecular weight excluding hydrogens is 230 g/mol. The summed E-state index contributed by atoms with van der Waals surface area (Å²) in [6.07, 6.45) is 3.69. The van der Waals surface area contributed by atoms with Gasteiger partial charge >= 0.3 is 0 Å². The first kappa shape index (κ1) is 13.5. The van der Waals surface area contributed by atoms with E-state index >= 15 is 0 Å². The fraction of sp³-hybridized carbons (Fsp3) is 0.846. The average molecular weight is 253 g/mol. The van der Waals surface area contributed by atoms with Crippen molar-refractivity contribution in [2.45, 2.75) is 38.6 Å². The van der Waals surface area contributed by atoms with Crippen LogP contribution < -0.4 is 10.6 Å². The molecule has 5 nitrogen and oxygen atoms in total. The summed E-state index contributed by atoms with van der Waals surface area (Å²) in [5.41, 5.74) is 0. The van der Waals surface area contributed by atoms with Crippen molar-refractivity contribution in [2.24, 2.45) is 5.92 Å². The molecule has 102 valence electrons. The number of hydrogen-bond donors (Lipinski definition) is 2. The highest BCUT2D eigenvalue weighted by Crippen LogP contribution is 2.18. The van der Waals surface area contributed by atoms with Crippen molar-refractivity contribution in [3.63, 3.8) is 0 Å². The Hall–Kier alpha value is -0.940. The van der Waals surface area contributed by atoms with Crippen molar-refractivity contribution in [3.8, 4) is 0 Å². The molecule has 0 aromatic rings. The van der Waals surface area contributed by atoms with Crippen molar-refractivity contribution in [1.82, 2.24) is 15.5 Å². The average Bonchev–Trinajstić information content (AvgIpc) is 2.69. The monoisotopic (exact) mass is 253 g/mol. The van der Waals surface area contributed by atoms with E-state index in [4.69, 9.17) is 0 Å². The van der Waals surface area contributed by atoms with Gasteiger partial charge in [0, 0.05) is 6.54 Å². The van der Waals surface area contributed by atoms with Crippen molar-refractivity contribution < 1.29 is 9.59 Å². The van der Waals surface area contributed by atoms with Crippen molar-refractivity contribution in [3.05, 3.63) is 0 Å². The molecule has 0 bridgehead atoms. The molecule has 2 N–H and O–H groups in total. The van der Waals surface area contributed by atoms with Gasteiger partial charge in [-0.25, -0.2) is 0 Å². The van der Waals surface area contributed by atoms with E-state index in [0.29, 0.717) is 12.3 Å². The highest BCUT2D eigenvalue weighted by molar-refractivity contribution is 6.05. The van der Waals surface area contributed by atoms with Gasteiger partial charge in [0.05, 0.1) is 12.5 Å². The van der Waals surface area contributed by atoms with Gasteiger partial charge in [-0.3, -0.25) is 19.8 Å². The van der Waals surface area contributed by atoms with E-state index in [-0.39, 0.29) is 17.9 Å². The standard InChI is InChI=1S/C13H23N3O2/c1-2-7-16(9-10-3-5-14-6-4-10)11-8-12(17)15-13(11)18/h10-11,14H,2-9H2,1H3,(H,15,17,18). The second kappa shape index (κ2) is 6.29. The van der Waals surface area contributed by atoms with E-state index in [2.05, 4.69) is 22.5 Å². The van der Waals surface area contributed by atoms with Gasteiger partial charge in [0.25, 0.3) is 0 Å². The van der Waals surface area contributed by atoms with E-state index in [1.54, 1.807) is 0 Å². The molecule has 1 unspecified atom stereocenters. The number of piperidine rings is 1. The summed E-state index contributed by atoms with van der Waals surface area (Å²) in [5, 5.41) is 5.76. The largest absolute Gasteiger partial charge is 0.317 e. The number of carbonyl (C=O) groups excluding carboxylic acids is 2. The van der Waals surface area contributed by atoms with Gasteiger partial charge in [0.2, 0.25) is 11.8 Å². The fourth-order valence-electron chi connectivity index (χ4n) is 2.89. The van der Waals surface area contributed by atoms with Crippen LogP contribution in [0.4, 0.5) is 0 Å². The molecule has 2 amide bonds. The lowest BCUT2D eigenvalue weighted by Gasteiger charge is -2.32. The van der Waals surface area contributed by atoms with E-state index in [0.717, 1.165) is 32.6 Å². The molecule has 0 aliphatic carbocycles. The number of rotatable bonds is 5. The molecular formula is C13H23N3O2. The summed E-state index contributed by atoms with van der Waals surface area (Å²) < 4.78 is 0. The molecule has 0 aromatic carbocycles. The number of hydrogen-bond acceptors (Lipinski definition) is 4. The molecule has 18 heavy (non-hydrogen) atoms. The maximum absolute atomic E-state index is 11.8. The zero-order valence-corrected chi connectivity index (χ0v) is 11.1. The Kier molecular flexibility index (Phi) is 4.72. The first-order valence-electron chi connectivity index (χ1n) is 6.99. The highest BCUT2D eigenvalue weighted by Gasteiger charge is 2.35. The lowest BCUT2D eigenvalue weighted by molar-refractivity contribution is -0.126. The van der Waals surface area contributed by atoms with Crippen LogP contribution in [0.3, 0.4) is 0 Å². The van der Waals surface area contributed by atoms with E-state index in [1.807, 2.05) is 0 Å². The Morgan fingerprint density at radius 3 is 2.56 bits per heavy atom. The first-order valence-corrected chi connectivity index (χ1v) is 6.99. The Morgan fingerprint density at radius 1 is 1.28 bits per heavy atom. The number of amides is 2. The van der Waals surface area contributed by atoms with Crippen molar-refractivity contribution in [1.29, 1.82) is 0 Å². The maximum atomic E-state index is 11.8. The van der Waals surface area contributed by atoms with Crippen molar-refractivity contribution in [2.75, 3.05) is 26.2 Å². The van der Waals surface area contributed by atoms with E-state index in [1.165, 1.54) is 12.8 Å². The molecule has 0 spiro atoms. The maximum Gasteiger partial charge on any atom is 0.244 e. The van der Waals surface area contributed by atoms with Crippen LogP contribution in [0, 0.1) is 5.92 Å². The number of carbonyl (C=O) groups is 2. The van der Waals surface area contributed by atoms with Crippen molar-refractivity contribution >= 4 is 11.8 Å². The zero-order chi connectivity index (χ0) is 13.0. The van der Waals surface area contributed by atoms with Crippen LogP contribution in [0.5, 0.6) is 0 Å². The quantitative estimate of drug-likeness (QED) is 0.683. The summed E-state index contributed by atoms with van der Waals surface area (Å²) >= 11 is 0. The van der Waals surface area contributed by atoms with E-state index < -0.39 is 0 Å². The van der Waals surface area contributed by atoms with Gasteiger partial charge in [-0.1, -0.05) is 6.92 Å². The Balaban J connectivity index is 1.94. The fourth-order valence-corrected chi connectivity index (χ4v) is 2.89. The summed E-state index contributed by atoms with van der Waals surface area (Å²) in [5.74, 6) is 0.417. The third-order valence-corrected chi connectivity index (χ3v) is 3.85. The molecule has 2 saturated heterocycles.